The fraction of sp³-hybridized carbons (Fsp3) is 0.0625. The molecular weight excluding hydrogens is 236 g/mol. The summed E-state index contributed by atoms with van der Waals surface area (Å²) in [6.07, 6.45) is 0. The van der Waals surface area contributed by atoms with Crippen LogP contribution in [0.2, 0.25) is 0 Å². The first-order chi connectivity index (χ1) is 9.26. The van der Waals surface area contributed by atoms with Crippen LogP contribution in [0.1, 0.15) is 0 Å². The zero-order valence-corrected chi connectivity index (χ0v) is 10.6. The molecule has 2 N–H and O–H groups in total. The van der Waals surface area contributed by atoms with Gasteiger partial charge in [0.1, 0.15) is 5.75 Å². The van der Waals surface area contributed by atoms with Gasteiger partial charge in [-0.3, -0.25) is 0 Å². The highest BCUT2D eigenvalue weighted by Gasteiger charge is 2.03. The lowest BCUT2D eigenvalue weighted by atomic mass is 10.1. The van der Waals surface area contributed by atoms with Gasteiger partial charge in [-0.25, -0.2) is 4.98 Å². The second kappa shape index (κ2) is 4.61. The quantitative estimate of drug-likeness (QED) is 0.708. The van der Waals surface area contributed by atoms with Gasteiger partial charge in [0.15, 0.2) is 0 Å². The summed E-state index contributed by atoms with van der Waals surface area (Å²) in [5.41, 5.74) is 9.44. The summed E-state index contributed by atoms with van der Waals surface area (Å²) in [4.78, 5) is 4.65. The summed E-state index contributed by atoms with van der Waals surface area (Å²) in [6, 6.07) is 17.6. The highest BCUT2D eigenvalue weighted by Crippen LogP contribution is 2.24. The van der Waals surface area contributed by atoms with Crippen molar-refractivity contribution in [2.24, 2.45) is 0 Å². The average molecular weight is 250 g/mol. The Morgan fingerprint density at radius 2 is 1.89 bits per heavy atom. The van der Waals surface area contributed by atoms with E-state index in [1.165, 1.54) is 0 Å². The molecule has 0 spiro atoms. The third kappa shape index (κ3) is 2.22. The van der Waals surface area contributed by atoms with Crippen molar-refractivity contribution in [2.75, 3.05) is 12.8 Å². The van der Waals surface area contributed by atoms with E-state index in [1.807, 2.05) is 54.6 Å². The van der Waals surface area contributed by atoms with Crippen molar-refractivity contribution in [3.8, 4) is 17.0 Å². The Labute approximate surface area is 111 Å². The number of rotatable bonds is 2. The average Bonchev–Trinajstić information content (AvgIpc) is 2.46. The molecule has 2 aromatic carbocycles. The number of nitrogen functional groups attached to an aromatic ring is 1. The van der Waals surface area contributed by atoms with Crippen LogP contribution in [0.25, 0.3) is 22.2 Å². The van der Waals surface area contributed by atoms with Gasteiger partial charge in [-0.2, -0.15) is 0 Å². The van der Waals surface area contributed by atoms with Crippen molar-refractivity contribution in [3.63, 3.8) is 0 Å². The van der Waals surface area contributed by atoms with Crippen LogP contribution in [-0.4, -0.2) is 12.1 Å². The molecule has 1 aromatic heterocycles. The molecule has 0 radical (unpaired) electrons. The highest BCUT2D eigenvalue weighted by atomic mass is 16.5. The van der Waals surface area contributed by atoms with Gasteiger partial charge in [0.05, 0.1) is 18.3 Å². The molecule has 0 aliphatic rings. The zero-order valence-electron chi connectivity index (χ0n) is 10.6. The van der Waals surface area contributed by atoms with E-state index in [0.717, 1.165) is 33.6 Å². The monoisotopic (exact) mass is 250 g/mol. The number of hydrogen-bond acceptors (Lipinski definition) is 3. The molecule has 0 aliphatic carbocycles. The summed E-state index contributed by atoms with van der Waals surface area (Å²) in [5, 5.41) is 1.06. The lowest BCUT2D eigenvalue weighted by Gasteiger charge is -2.05. The standard InChI is InChI=1S/C16H14N2O/c1-19-14-6-8-16-12(10-14)5-7-15(18-16)11-3-2-4-13(17)9-11/h2-10H,17H2,1H3. The van der Waals surface area contributed by atoms with Crippen LogP contribution in [0, 0.1) is 0 Å². The van der Waals surface area contributed by atoms with E-state index in [4.69, 9.17) is 10.5 Å². The molecule has 3 nitrogen and oxygen atoms in total. The topological polar surface area (TPSA) is 48.1 Å². The summed E-state index contributed by atoms with van der Waals surface area (Å²) < 4.78 is 5.21. The number of nitrogens with two attached hydrogens (primary N) is 1. The Morgan fingerprint density at radius 1 is 1.00 bits per heavy atom. The first kappa shape index (κ1) is 11.5. The van der Waals surface area contributed by atoms with Crippen molar-refractivity contribution in [1.82, 2.24) is 4.98 Å². The molecule has 0 amide bonds. The van der Waals surface area contributed by atoms with Crippen LogP contribution in [0.5, 0.6) is 5.75 Å². The normalized spacial score (nSPS) is 10.6. The number of fused-ring (bicyclic) bond motifs is 1. The minimum absolute atomic E-state index is 0.745. The molecule has 0 bridgehead atoms. The van der Waals surface area contributed by atoms with Gasteiger partial charge in [0.2, 0.25) is 0 Å². The number of aromatic nitrogens is 1. The Kier molecular flexibility index (Phi) is 2.80. The lowest BCUT2D eigenvalue weighted by Crippen LogP contribution is -1.89. The van der Waals surface area contributed by atoms with E-state index in [2.05, 4.69) is 4.98 Å². The van der Waals surface area contributed by atoms with Crippen molar-refractivity contribution >= 4 is 16.6 Å². The molecule has 3 heteroatoms. The summed E-state index contributed by atoms with van der Waals surface area (Å²) in [7, 11) is 1.66. The fourth-order valence-electron chi connectivity index (χ4n) is 2.09. The fourth-order valence-corrected chi connectivity index (χ4v) is 2.09. The number of methoxy groups -OCH3 is 1. The minimum Gasteiger partial charge on any atom is -0.497 e. The lowest BCUT2D eigenvalue weighted by molar-refractivity contribution is 0.415. The Hall–Kier alpha value is -2.55. The van der Waals surface area contributed by atoms with Gasteiger partial charge in [-0.15, -0.1) is 0 Å². The molecule has 0 unspecified atom stereocenters. The predicted molar refractivity (Wildman–Crippen MR) is 78.1 cm³/mol. The number of pyridine rings is 1. The van der Waals surface area contributed by atoms with E-state index in [1.54, 1.807) is 7.11 Å². The van der Waals surface area contributed by atoms with Crippen molar-refractivity contribution in [1.29, 1.82) is 0 Å². The van der Waals surface area contributed by atoms with E-state index < -0.39 is 0 Å². The minimum atomic E-state index is 0.745. The molecule has 3 rings (SSSR count). The van der Waals surface area contributed by atoms with Gasteiger partial charge in [-0.05, 0) is 36.4 Å². The second-order valence-corrected chi connectivity index (χ2v) is 4.38. The van der Waals surface area contributed by atoms with Crippen LogP contribution in [-0.2, 0) is 0 Å². The number of anilines is 1. The van der Waals surface area contributed by atoms with E-state index in [0.29, 0.717) is 0 Å². The van der Waals surface area contributed by atoms with Crippen molar-refractivity contribution in [3.05, 3.63) is 54.6 Å². The van der Waals surface area contributed by atoms with Crippen LogP contribution in [0.4, 0.5) is 5.69 Å². The third-order valence-electron chi connectivity index (χ3n) is 3.08. The summed E-state index contributed by atoms with van der Waals surface area (Å²) in [6.45, 7) is 0. The molecule has 0 saturated heterocycles. The Morgan fingerprint density at radius 3 is 2.68 bits per heavy atom. The van der Waals surface area contributed by atoms with Crippen LogP contribution >= 0.6 is 0 Å². The molecule has 0 atom stereocenters. The highest BCUT2D eigenvalue weighted by molar-refractivity contribution is 5.83. The van der Waals surface area contributed by atoms with Crippen molar-refractivity contribution in [2.45, 2.75) is 0 Å². The maximum atomic E-state index is 5.80. The third-order valence-corrected chi connectivity index (χ3v) is 3.08. The molecule has 3 aromatic rings. The SMILES string of the molecule is COc1ccc2nc(-c3cccc(N)c3)ccc2c1. The molecule has 1 heterocycles. The van der Waals surface area contributed by atoms with Crippen molar-refractivity contribution < 1.29 is 4.74 Å². The van der Waals surface area contributed by atoms with Gasteiger partial charge >= 0.3 is 0 Å². The number of nitrogens with zero attached hydrogens (tertiary/aromatic N) is 1. The number of ether oxygens (including phenoxy) is 1. The van der Waals surface area contributed by atoms with Crippen LogP contribution < -0.4 is 10.5 Å². The molecule has 0 aliphatic heterocycles. The van der Waals surface area contributed by atoms with E-state index >= 15 is 0 Å². The van der Waals surface area contributed by atoms with Gasteiger partial charge in [-0.1, -0.05) is 18.2 Å². The molecule has 0 saturated carbocycles. The second-order valence-electron chi connectivity index (χ2n) is 4.38. The van der Waals surface area contributed by atoms with E-state index in [-0.39, 0.29) is 0 Å². The summed E-state index contributed by atoms with van der Waals surface area (Å²) in [5.74, 6) is 0.839. The molecule has 94 valence electrons. The molecular formula is C16H14N2O. The number of hydrogen-bond donors (Lipinski definition) is 1. The Balaban J connectivity index is 2.11. The van der Waals surface area contributed by atoms with Crippen LogP contribution in [0.15, 0.2) is 54.6 Å². The van der Waals surface area contributed by atoms with Crippen LogP contribution in [0.3, 0.4) is 0 Å². The first-order valence-electron chi connectivity index (χ1n) is 6.07. The molecule has 0 fully saturated rings. The number of benzene rings is 2. The Bertz CT molecular complexity index is 738. The summed E-state index contributed by atoms with van der Waals surface area (Å²) >= 11 is 0. The van der Waals surface area contributed by atoms with Gasteiger partial charge < -0.3 is 10.5 Å². The maximum Gasteiger partial charge on any atom is 0.119 e. The maximum absolute atomic E-state index is 5.80. The largest absolute Gasteiger partial charge is 0.497 e. The first-order valence-corrected chi connectivity index (χ1v) is 6.07. The van der Waals surface area contributed by atoms with E-state index in [9.17, 15) is 0 Å². The molecule has 19 heavy (non-hydrogen) atoms. The zero-order chi connectivity index (χ0) is 13.2. The predicted octanol–water partition coefficient (Wildman–Crippen LogP) is 3.49. The van der Waals surface area contributed by atoms with Gasteiger partial charge in [0, 0.05) is 16.6 Å². The van der Waals surface area contributed by atoms with Gasteiger partial charge in [0.25, 0.3) is 0 Å². The smallest absolute Gasteiger partial charge is 0.119 e.